The number of aromatic nitrogens is 2. The molecule has 1 aliphatic heterocycles. The predicted octanol–water partition coefficient (Wildman–Crippen LogP) is 0.881. The average Bonchev–Trinajstić information content (AvgIpc) is 2.91. The van der Waals surface area contributed by atoms with E-state index >= 15 is 0 Å². The Balaban J connectivity index is 1.68. The Morgan fingerprint density at radius 1 is 1.29 bits per heavy atom. The summed E-state index contributed by atoms with van der Waals surface area (Å²) in [6.07, 6.45) is -0.223. The molecule has 0 saturated carbocycles. The number of aryl methyl sites for hydroxylation is 2. The lowest BCUT2D eigenvalue weighted by molar-refractivity contribution is -0.0410. The second kappa shape index (κ2) is 6.62. The van der Waals surface area contributed by atoms with Gasteiger partial charge in [0.2, 0.25) is 0 Å². The highest BCUT2D eigenvalue weighted by Crippen LogP contribution is 2.28. The molecule has 2 N–H and O–H groups in total. The minimum absolute atomic E-state index is 0.178. The minimum Gasteiger partial charge on any atom is -0.491 e. The van der Waals surface area contributed by atoms with Crippen molar-refractivity contribution in [3.8, 4) is 5.75 Å². The standard InChI is InChI=1S/C17H20N2O5/c1-10-3-5-12(6-4-10)23-9-14-13(20)7-15(24-14)19-8-11(2)16(21)18-17(19)22/h3-6,8,13-15,20H,7,9H2,1-2H3,(H,18,21,22)/t13-,14+,15+/m0/s1. The van der Waals surface area contributed by atoms with Crippen LogP contribution in [-0.4, -0.2) is 33.5 Å². The number of aliphatic hydroxyl groups excluding tert-OH is 1. The lowest BCUT2D eigenvalue weighted by Gasteiger charge is -2.17. The van der Waals surface area contributed by atoms with Gasteiger partial charge in [0.25, 0.3) is 5.56 Å². The third-order valence-electron chi connectivity index (χ3n) is 4.10. The monoisotopic (exact) mass is 332 g/mol. The van der Waals surface area contributed by atoms with E-state index in [0.29, 0.717) is 11.3 Å². The summed E-state index contributed by atoms with van der Waals surface area (Å²) < 4.78 is 12.7. The first kappa shape index (κ1) is 16.5. The van der Waals surface area contributed by atoms with Gasteiger partial charge in [-0.15, -0.1) is 0 Å². The topological polar surface area (TPSA) is 93.5 Å². The normalized spacial score (nSPS) is 23.4. The summed E-state index contributed by atoms with van der Waals surface area (Å²) >= 11 is 0. The maximum atomic E-state index is 11.9. The van der Waals surface area contributed by atoms with Crippen molar-refractivity contribution in [2.24, 2.45) is 0 Å². The van der Waals surface area contributed by atoms with E-state index in [4.69, 9.17) is 9.47 Å². The molecule has 0 radical (unpaired) electrons. The van der Waals surface area contributed by atoms with E-state index in [1.807, 2.05) is 31.2 Å². The van der Waals surface area contributed by atoms with Crippen molar-refractivity contribution >= 4 is 0 Å². The van der Waals surface area contributed by atoms with Crippen LogP contribution in [0.2, 0.25) is 0 Å². The number of H-pyrrole nitrogens is 1. The van der Waals surface area contributed by atoms with E-state index in [1.54, 1.807) is 6.92 Å². The summed E-state index contributed by atoms with van der Waals surface area (Å²) in [7, 11) is 0. The molecule has 1 fully saturated rings. The molecule has 7 nitrogen and oxygen atoms in total. The molecule has 3 rings (SSSR count). The van der Waals surface area contributed by atoms with Crippen LogP contribution in [0.15, 0.2) is 40.1 Å². The van der Waals surface area contributed by atoms with Gasteiger partial charge in [0.05, 0.1) is 6.10 Å². The molecule has 0 aliphatic carbocycles. The number of hydrogen-bond donors (Lipinski definition) is 2. The summed E-state index contributed by atoms with van der Waals surface area (Å²) in [5.74, 6) is 0.692. The number of rotatable bonds is 4. The number of aliphatic hydroxyl groups is 1. The molecule has 7 heteroatoms. The fourth-order valence-corrected chi connectivity index (χ4v) is 2.65. The molecule has 0 bridgehead atoms. The van der Waals surface area contributed by atoms with Gasteiger partial charge in [-0.25, -0.2) is 4.79 Å². The Morgan fingerprint density at radius 3 is 2.71 bits per heavy atom. The summed E-state index contributed by atoms with van der Waals surface area (Å²) in [6.45, 7) is 3.78. The third kappa shape index (κ3) is 3.42. The summed E-state index contributed by atoms with van der Waals surface area (Å²) in [5.41, 5.74) is 0.566. The van der Waals surface area contributed by atoms with Crippen molar-refractivity contribution in [1.29, 1.82) is 0 Å². The lowest BCUT2D eigenvalue weighted by Crippen LogP contribution is -2.33. The molecule has 128 valence electrons. The molecular weight excluding hydrogens is 312 g/mol. The summed E-state index contributed by atoms with van der Waals surface area (Å²) in [4.78, 5) is 25.6. The molecule has 1 saturated heterocycles. The van der Waals surface area contributed by atoms with Crippen LogP contribution < -0.4 is 16.0 Å². The second-order valence-corrected chi connectivity index (χ2v) is 6.03. The molecule has 0 spiro atoms. The van der Waals surface area contributed by atoms with E-state index in [1.165, 1.54) is 10.8 Å². The Hall–Kier alpha value is -2.38. The molecule has 0 amide bonds. The minimum atomic E-state index is -0.750. The van der Waals surface area contributed by atoms with Crippen LogP contribution in [0.1, 0.15) is 23.8 Å². The first-order valence-electron chi connectivity index (χ1n) is 7.79. The molecule has 3 atom stereocenters. The van der Waals surface area contributed by atoms with Gasteiger partial charge in [0.1, 0.15) is 24.7 Å². The average molecular weight is 332 g/mol. The number of ether oxygens (including phenoxy) is 2. The van der Waals surface area contributed by atoms with Crippen LogP contribution in [0.3, 0.4) is 0 Å². The Labute approximate surface area is 138 Å². The molecule has 2 aromatic rings. The fourth-order valence-electron chi connectivity index (χ4n) is 2.65. The van der Waals surface area contributed by atoms with Crippen LogP contribution in [0.5, 0.6) is 5.75 Å². The Bertz CT molecular complexity index is 824. The zero-order valence-electron chi connectivity index (χ0n) is 13.6. The molecule has 0 unspecified atom stereocenters. The van der Waals surface area contributed by atoms with E-state index in [2.05, 4.69) is 4.98 Å². The number of nitrogens with one attached hydrogen (secondary N) is 1. The fraction of sp³-hybridized carbons (Fsp3) is 0.412. The maximum Gasteiger partial charge on any atom is 0.330 e. The van der Waals surface area contributed by atoms with E-state index < -0.39 is 29.7 Å². The number of benzene rings is 1. The van der Waals surface area contributed by atoms with E-state index in [9.17, 15) is 14.7 Å². The summed E-state index contributed by atoms with van der Waals surface area (Å²) in [5, 5.41) is 10.2. The van der Waals surface area contributed by atoms with Crippen molar-refractivity contribution < 1.29 is 14.6 Å². The van der Waals surface area contributed by atoms with Crippen molar-refractivity contribution in [3.63, 3.8) is 0 Å². The highest BCUT2D eigenvalue weighted by atomic mass is 16.6. The largest absolute Gasteiger partial charge is 0.491 e. The lowest BCUT2D eigenvalue weighted by atomic mass is 10.2. The Morgan fingerprint density at radius 2 is 2.00 bits per heavy atom. The van der Waals surface area contributed by atoms with Crippen LogP contribution in [0, 0.1) is 13.8 Å². The highest BCUT2D eigenvalue weighted by Gasteiger charge is 2.36. The van der Waals surface area contributed by atoms with Crippen LogP contribution in [-0.2, 0) is 4.74 Å². The van der Waals surface area contributed by atoms with E-state index in [0.717, 1.165) is 5.56 Å². The zero-order chi connectivity index (χ0) is 17.3. The van der Waals surface area contributed by atoms with Crippen molar-refractivity contribution in [2.45, 2.75) is 38.7 Å². The van der Waals surface area contributed by atoms with Gasteiger partial charge in [-0.05, 0) is 26.0 Å². The van der Waals surface area contributed by atoms with Gasteiger partial charge in [-0.3, -0.25) is 14.3 Å². The zero-order valence-corrected chi connectivity index (χ0v) is 13.6. The van der Waals surface area contributed by atoms with Gasteiger partial charge >= 0.3 is 5.69 Å². The van der Waals surface area contributed by atoms with Crippen molar-refractivity contribution in [3.05, 3.63) is 62.4 Å². The van der Waals surface area contributed by atoms with Gasteiger partial charge in [-0.2, -0.15) is 0 Å². The molecular formula is C17H20N2O5. The molecule has 1 aromatic heterocycles. The van der Waals surface area contributed by atoms with Gasteiger partial charge in [0, 0.05) is 18.2 Å². The summed E-state index contributed by atoms with van der Waals surface area (Å²) in [6, 6.07) is 7.58. The van der Waals surface area contributed by atoms with Crippen LogP contribution in [0.4, 0.5) is 0 Å². The van der Waals surface area contributed by atoms with Crippen molar-refractivity contribution in [2.75, 3.05) is 6.61 Å². The van der Waals surface area contributed by atoms with Crippen LogP contribution >= 0.6 is 0 Å². The van der Waals surface area contributed by atoms with E-state index in [-0.39, 0.29) is 13.0 Å². The van der Waals surface area contributed by atoms with Gasteiger partial charge < -0.3 is 14.6 Å². The molecule has 1 aliphatic rings. The van der Waals surface area contributed by atoms with Crippen LogP contribution in [0.25, 0.3) is 0 Å². The molecule has 2 heterocycles. The number of aromatic amines is 1. The Kier molecular flexibility index (Phi) is 4.55. The first-order chi connectivity index (χ1) is 11.4. The number of nitrogens with zero attached hydrogens (tertiary/aromatic N) is 1. The second-order valence-electron chi connectivity index (χ2n) is 6.03. The van der Waals surface area contributed by atoms with Gasteiger partial charge in [0.15, 0.2) is 0 Å². The molecule has 24 heavy (non-hydrogen) atoms. The molecule has 1 aromatic carbocycles. The van der Waals surface area contributed by atoms with Gasteiger partial charge in [-0.1, -0.05) is 17.7 Å². The third-order valence-corrected chi connectivity index (χ3v) is 4.10. The smallest absolute Gasteiger partial charge is 0.330 e. The predicted molar refractivity (Wildman–Crippen MR) is 87.3 cm³/mol. The van der Waals surface area contributed by atoms with Crippen molar-refractivity contribution in [1.82, 2.24) is 9.55 Å². The quantitative estimate of drug-likeness (QED) is 0.867. The first-order valence-corrected chi connectivity index (χ1v) is 7.79. The maximum absolute atomic E-state index is 11.9. The SMILES string of the molecule is Cc1ccc(OC[C@H]2O[C@@H](n3cc(C)c(=O)[nH]c3=O)C[C@@H]2O)cc1. The highest BCUT2D eigenvalue weighted by molar-refractivity contribution is 5.26. The number of hydrogen-bond acceptors (Lipinski definition) is 5.